The topological polar surface area (TPSA) is 91.0 Å². The van der Waals surface area contributed by atoms with Crippen LogP contribution in [-0.2, 0) is 19.6 Å². The summed E-state index contributed by atoms with van der Waals surface area (Å²) in [6, 6.07) is 14.3. The maximum absolute atomic E-state index is 12.8. The van der Waals surface area contributed by atoms with E-state index in [1.807, 2.05) is 44.3 Å². The second-order valence-electron chi connectivity index (χ2n) is 7.85. The fourth-order valence-electron chi connectivity index (χ4n) is 4.12. The van der Waals surface area contributed by atoms with E-state index in [0.29, 0.717) is 19.6 Å². The molecule has 4 rings (SSSR count). The van der Waals surface area contributed by atoms with E-state index in [2.05, 4.69) is 25.1 Å². The van der Waals surface area contributed by atoms with Gasteiger partial charge in [-0.1, -0.05) is 29.8 Å². The lowest BCUT2D eigenvalue weighted by atomic mass is 10.0. The summed E-state index contributed by atoms with van der Waals surface area (Å²) in [5.74, 6) is 0. The van der Waals surface area contributed by atoms with Gasteiger partial charge in [0, 0.05) is 37.0 Å². The van der Waals surface area contributed by atoms with Gasteiger partial charge in [0.2, 0.25) is 0 Å². The van der Waals surface area contributed by atoms with Crippen LogP contribution in [0, 0.1) is 6.92 Å². The van der Waals surface area contributed by atoms with Crippen LogP contribution in [0.5, 0.6) is 0 Å². The molecule has 0 aliphatic rings. The molecule has 1 unspecified atom stereocenters. The fourth-order valence-corrected chi connectivity index (χ4v) is 4.12. The monoisotopic (exact) mass is 419 g/mol. The molecule has 0 bridgehead atoms. The Balaban J connectivity index is 1.92. The number of rotatable bonds is 7. The summed E-state index contributed by atoms with van der Waals surface area (Å²) in [6.45, 7) is 7.76. The van der Waals surface area contributed by atoms with E-state index in [1.165, 1.54) is 0 Å². The Hall–Kier alpha value is -3.16. The van der Waals surface area contributed by atoms with Crippen LogP contribution in [0.25, 0.3) is 33.4 Å². The summed E-state index contributed by atoms with van der Waals surface area (Å²) in [6.07, 6.45) is 1.28. The Labute approximate surface area is 181 Å². The molecule has 2 aromatic carbocycles. The molecule has 0 aliphatic carbocycles. The van der Waals surface area contributed by atoms with Crippen LogP contribution in [0.15, 0.2) is 53.5 Å². The molecule has 31 heavy (non-hydrogen) atoms. The van der Waals surface area contributed by atoms with E-state index in [0.717, 1.165) is 39.0 Å². The Morgan fingerprint density at radius 2 is 1.77 bits per heavy atom. The average Bonchev–Trinajstić information content (AvgIpc) is 3.30. The summed E-state index contributed by atoms with van der Waals surface area (Å²) >= 11 is 0. The fraction of sp³-hybridized carbons (Fsp3) is 0.333. The molecule has 0 saturated heterocycles. The smallest absolute Gasteiger partial charge is 0.329 e. The van der Waals surface area contributed by atoms with Gasteiger partial charge in [-0.2, -0.15) is 5.10 Å². The highest BCUT2D eigenvalue weighted by molar-refractivity contribution is 5.87. The van der Waals surface area contributed by atoms with E-state index in [9.17, 15) is 9.90 Å². The third-order valence-electron chi connectivity index (χ3n) is 5.69. The number of imidazole rings is 1. The lowest BCUT2D eigenvalue weighted by molar-refractivity contribution is 0.157. The molecule has 3 N–H and O–H groups in total. The number of hydrogen-bond donors (Lipinski definition) is 2. The normalized spacial score (nSPS) is 12.5. The predicted molar refractivity (Wildman–Crippen MR) is 124 cm³/mol. The van der Waals surface area contributed by atoms with Crippen molar-refractivity contribution in [1.82, 2.24) is 18.9 Å². The maximum Gasteiger partial charge on any atom is 0.329 e. The molecule has 162 valence electrons. The number of aliphatic hydroxyl groups excluding tert-OH is 1. The molecule has 0 radical (unpaired) electrons. The number of fused-ring (bicyclic) bond motifs is 1. The maximum atomic E-state index is 12.8. The highest BCUT2D eigenvalue weighted by atomic mass is 16.3. The van der Waals surface area contributed by atoms with Crippen molar-refractivity contribution in [2.24, 2.45) is 5.73 Å². The first-order valence-corrected chi connectivity index (χ1v) is 10.7. The van der Waals surface area contributed by atoms with Crippen molar-refractivity contribution in [3.63, 3.8) is 0 Å². The predicted octanol–water partition coefficient (Wildman–Crippen LogP) is 3.00. The third-order valence-corrected chi connectivity index (χ3v) is 5.69. The van der Waals surface area contributed by atoms with Crippen molar-refractivity contribution < 1.29 is 5.11 Å². The van der Waals surface area contributed by atoms with Gasteiger partial charge < -0.3 is 10.8 Å². The van der Waals surface area contributed by atoms with Crippen molar-refractivity contribution >= 4 is 11.0 Å². The lowest BCUT2D eigenvalue weighted by Gasteiger charge is -2.06. The van der Waals surface area contributed by atoms with Gasteiger partial charge in [-0.15, -0.1) is 0 Å². The Morgan fingerprint density at radius 3 is 2.45 bits per heavy atom. The van der Waals surface area contributed by atoms with Crippen LogP contribution in [-0.4, -0.2) is 36.7 Å². The Kier molecular flexibility index (Phi) is 5.80. The summed E-state index contributed by atoms with van der Waals surface area (Å²) in [5.41, 5.74) is 12.4. The average molecular weight is 420 g/mol. The van der Waals surface area contributed by atoms with Gasteiger partial charge in [0.05, 0.1) is 23.7 Å². The molecule has 0 saturated carbocycles. The van der Waals surface area contributed by atoms with Crippen molar-refractivity contribution in [2.75, 3.05) is 6.54 Å². The molecule has 0 amide bonds. The number of nitrogens with two attached hydrogens (primary N) is 1. The molecule has 0 aliphatic heterocycles. The molecule has 0 fully saturated rings. The first-order chi connectivity index (χ1) is 15.0. The number of benzene rings is 2. The second kappa shape index (κ2) is 8.53. The minimum Gasteiger partial charge on any atom is -0.390 e. The minimum absolute atomic E-state index is 0.0119. The molecule has 0 spiro atoms. The van der Waals surface area contributed by atoms with Crippen molar-refractivity contribution in [2.45, 2.75) is 46.5 Å². The van der Waals surface area contributed by atoms with Crippen molar-refractivity contribution in [3.05, 3.63) is 64.7 Å². The highest BCUT2D eigenvalue weighted by Crippen LogP contribution is 2.33. The first kappa shape index (κ1) is 21.1. The van der Waals surface area contributed by atoms with Crippen LogP contribution in [0.1, 0.15) is 19.4 Å². The van der Waals surface area contributed by atoms with E-state index in [-0.39, 0.29) is 12.2 Å². The first-order valence-electron chi connectivity index (χ1n) is 10.7. The van der Waals surface area contributed by atoms with Crippen LogP contribution < -0.4 is 11.4 Å². The van der Waals surface area contributed by atoms with E-state index in [1.54, 1.807) is 13.8 Å². The summed E-state index contributed by atoms with van der Waals surface area (Å²) in [4.78, 5) is 12.8. The third kappa shape index (κ3) is 3.82. The molecule has 1 atom stereocenters. The number of nitrogens with zero attached hydrogens (tertiary/aromatic N) is 4. The van der Waals surface area contributed by atoms with Gasteiger partial charge in [0.15, 0.2) is 0 Å². The zero-order valence-corrected chi connectivity index (χ0v) is 18.2. The molecule has 7 nitrogen and oxygen atoms in total. The minimum atomic E-state index is -0.663. The van der Waals surface area contributed by atoms with Crippen LogP contribution in [0.2, 0.25) is 0 Å². The standard InChI is InChI=1S/C24H29N5O2/c1-4-28-21-10-9-17(12-22(21)29(5-2)24(28)31)20-15-27(14-19(30)13-25)26-23(20)18-8-6-7-16(3)11-18/h6-12,15,19,30H,4-5,13-14,25H2,1-3H3. The zero-order chi connectivity index (χ0) is 22.1. The zero-order valence-electron chi connectivity index (χ0n) is 18.2. The molecular weight excluding hydrogens is 390 g/mol. The number of aromatic nitrogens is 4. The van der Waals surface area contributed by atoms with Crippen LogP contribution in [0.3, 0.4) is 0 Å². The van der Waals surface area contributed by atoms with Gasteiger partial charge in [-0.25, -0.2) is 4.79 Å². The van der Waals surface area contributed by atoms with Crippen molar-refractivity contribution in [3.8, 4) is 22.4 Å². The SMILES string of the molecule is CCn1c(=O)n(CC)c2cc(-c3cn(CC(O)CN)nc3-c3cccc(C)c3)ccc21. The largest absolute Gasteiger partial charge is 0.390 e. The van der Waals surface area contributed by atoms with Crippen LogP contribution >= 0.6 is 0 Å². The molecule has 7 heteroatoms. The van der Waals surface area contributed by atoms with E-state index >= 15 is 0 Å². The van der Waals surface area contributed by atoms with Crippen LogP contribution in [0.4, 0.5) is 0 Å². The lowest BCUT2D eigenvalue weighted by Crippen LogP contribution is -2.25. The van der Waals surface area contributed by atoms with Gasteiger partial charge in [-0.3, -0.25) is 13.8 Å². The highest BCUT2D eigenvalue weighted by Gasteiger charge is 2.18. The number of aliphatic hydroxyl groups is 1. The summed E-state index contributed by atoms with van der Waals surface area (Å²) in [7, 11) is 0. The second-order valence-corrected chi connectivity index (χ2v) is 7.85. The van der Waals surface area contributed by atoms with Crippen molar-refractivity contribution in [1.29, 1.82) is 0 Å². The number of hydrogen-bond acceptors (Lipinski definition) is 4. The van der Waals surface area contributed by atoms with Gasteiger partial charge in [0.1, 0.15) is 5.69 Å². The molecule has 4 aromatic rings. The number of aryl methyl sites for hydroxylation is 3. The van der Waals surface area contributed by atoms with E-state index in [4.69, 9.17) is 10.8 Å². The summed E-state index contributed by atoms with van der Waals surface area (Å²) in [5, 5.41) is 14.8. The van der Waals surface area contributed by atoms with E-state index < -0.39 is 6.10 Å². The van der Waals surface area contributed by atoms with Gasteiger partial charge in [0.25, 0.3) is 0 Å². The Bertz CT molecular complexity index is 1280. The van der Waals surface area contributed by atoms with Gasteiger partial charge >= 0.3 is 5.69 Å². The summed E-state index contributed by atoms with van der Waals surface area (Å²) < 4.78 is 5.35. The van der Waals surface area contributed by atoms with Gasteiger partial charge in [-0.05, 0) is 44.5 Å². The quantitative estimate of drug-likeness (QED) is 0.482. The Morgan fingerprint density at radius 1 is 1.03 bits per heavy atom. The molecular formula is C24H29N5O2. The molecule has 2 heterocycles. The molecule has 2 aromatic heterocycles.